The van der Waals surface area contributed by atoms with Crippen LogP contribution in [0.5, 0.6) is 0 Å². The molecule has 0 aromatic carbocycles. The molecule has 84 valence electrons. The fraction of sp³-hybridized carbons (Fsp3) is 0.556. The Balaban J connectivity index is 2.77. The standard InChI is InChI=1S/C9H13NO4S/c1-3-13-9(11)8(10-12-2)7-6-15-5-4-14-7/h6H,3-5H2,1-2H3/b10-8-. The topological polar surface area (TPSA) is 57.1 Å². The number of hydrogen-bond acceptors (Lipinski definition) is 6. The van der Waals surface area contributed by atoms with E-state index in [1.54, 1.807) is 24.1 Å². The smallest absolute Gasteiger partial charge is 0.364 e. The quantitative estimate of drug-likeness (QED) is 0.413. The van der Waals surface area contributed by atoms with Gasteiger partial charge in [-0.05, 0) is 6.92 Å². The van der Waals surface area contributed by atoms with Crippen molar-refractivity contribution in [1.29, 1.82) is 0 Å². The highest BCUT2D eigenvalue weighted by Crippen LogP contribution is 2.17. The molecule has 5 nitrogen and oxygen atoms in total. The summed E-state index contributed by atoms with van der Waals surface area (Å²) in [7, 11) is 1.37. The number of carbonyl (C=O) groups is 1. The van der Waals surface area contributed by atoms with Crippen molar-refractivity contribution in [1.82, 2.24) is 0 Å². The van der Waals surface area contributed by atoms with E-state index in [4.69, 9.17) is 9.47 Å². The molecule has 1 rings (SSSR count). The lowest BCUT2D eigenvalue weighted by Gasteiger charge is -2.14. The van der Waals surface area contributed by atoms with Gasteiger partial charge in [0.05, 0.1) is 13.2 Å². The maximum Gasteiger partial charge on any atom is 0.364 e. The van der Waals surface area contributed by atoms with Crippen molar-refractivity contribution in [3.05, 3.63) is 11.2 Å². The first-order chi connectivity index (χ1) is 7.29. The van der Waals surface area contributed by atoms with Gasteiger partial charge in [-0.3, -0.25) is 0 Å². The second-order valence-corrected chi connectivity index (χ2v) is 3.52. The molecule has 0 amide bonds. The maximum absolute atomic E-state index is 11.5. The molecule has 0 saturated carbocycles. The second kappa shape index (κ2) is 6.34. The number of nitrogens with zero attached hydrogens (tertiary/aromatic N) is 1. The summed E-state index contributed by atoms with van der Waals surface area (Å²) < 4.78 is 10.1. The van der Waals surface area contributed by atoms with Crippen molar-refractivity contribution in [2.24, 2.45) is 5.16 Å². The Morgan fingerprint density at radius 2 is 2.53 bits per heavy atom. The van der Waals surface area contributed by atoms with Crippen LogP contribution in [-0.4, -0.2) is 37.8 Å². The summed E-state index contributed by atoms with van der Waals surface area (Å²) in [5.74, 6) is 0.742. The first-order valence-corrected chi connectivity index (χ1v) is 5.57. The molecule has 0 bridgehead atoms. The number of carbonyl (C=O) groups excluding carboxylic acids is 1. The van der Waals surface area contributed by atoms with Gasteiger partial charge < -0.3 is 14.3 Å². The molecular weight excluding hydrogens is 218 g/mol. The molecule has 1 aliphatic rings. The van der Waals surface area contributed by atoms with Crippen LogP contribution in [0.1, 0.15) is 6.92 Å². The van der Waals surface area contributed by atoms with Crippen molar-refractivity contribution >= 4 is 23.4 Å². The second-order valence-electron chi connectivity index (χ2n) is 2.54. The highest BCUT2D eigenvalue weighted by atomic mass is 32.2. The molecule has 6 heteroatoms. The van der Waals surface area contributed by atoms with Gasteiger partial charge in [0, 0.05) is 11.2 Å². The molecule has 0 atom stereocenters. The molecular formula is C9H13NO4S. The van der Waals surface area contributed by atoms with Gasteiger partial charge in [0.1, 0.15) is 7.11 Å². The number of oxime groups is 1. The highest BCUT2D eigenvalue weighted by Gasteiger charge is 2.22. The normalized spacial score (nSPS) is 16.4. The molecule has 0 saturated heterocycles. The van der Waals surface area contributed by atoms with Crippen molar-refractivity contribution in [3.63, 3.8) is 0 Å². The van der Waals surface area contributed by atoms with E-state index < -0.39 is 5.97 Å². The van der Waals surface area contributed by atoms with E-state index in [9.17, 15) is 4.79 Å². The monoisotopic (exact) mass is 231 g/mol. The lowest BCUT2D eigenvalue weighted by molar-refractivity contribution is -0.135. The average Bonchev–Trinajstić information content (AvgIpc) is 2.27. The Labute approximate surface area is 92.4 Å². The number of esters is 1. The fourth-order valence-corrected chi connectivity index (χ4v) is 1.59. The Morgan fingerprint density at radius 1 is 1.73 bits per heavy atom. The number of hydrogen-bond donors (Lipinski definition) is 0. The van der Waals surface area contributed by atoms with Crippen molar-refractivity contribution < 1.29 is 19.1 Å². The molecule has 1 aliphatic heterocycles. The maximum atomic E-state index is 11.5. The van der Waals surface area contributed by atoms with Crippen LogP contribution in [0, 0.1) is 0 Å². The van der Waals surface area contributed by atoms with Gasteiger partial charge in [-0.15, -0.1) is 11.8 Å². The van der Waals surface area contributed by atoms with Gasteiger partial charge in [0.25, 0.3) is 0 Å². The number of ether oxygens (including phenoxy) is 2. The summed E-state index contributed by atoms with van der Waals surface area (Å²) in [4.78, 5) is 16.1. The average molecular weight is 231 g/mol. The summed E-state index contributed by atoms with van der Waals surface area (Å²) in [5.41, 5.74) is 0.0755. The summed E-state index contributed by atoms with van der Waals surface area (Å²) >= 11 is 1.56. The van der Waals surface area contributed by atoms with Crippen LogP contribution in [0.25, 0.3) is 0 Å². The lowest BCUT2D eigenvalue weighted by atomic mass is 10.3. The van der Waals surface area contributed by atoms with Gasteiger partial charge in [0.2, 0.25) is 5.71 Å². The van der Waals surface area contributed by atoms with E-state index in [0.29, 0.717) is 19.0 Å². The molecule has 0 aromatic heterocycles. The van der Waals surface area contributed by atoms with Gasteiger partial charge in [-0.2, -0.15) is 0 Å². The minimum atomic E-state index is -0.534. The zero-order valence-electron chi connectivity index (χ0n) is 8.69. The lowest BCUT2D eigenvalue weighted by Crippen LogP contribution is -2.23. The van der Waals surface area contributed by atoms with Gasteiger partial charge >= 0.3 is 5.97 Å². The number of rotatable bonds is 4. The third-order valence-corrected chi connectivity index (χ3v) is 2.32. The third kappa shape index (κ3) is 3.47. The van der Waals surface area contributed by atoms with Crippen LogP contribution >= 0.6 is 11.8 Å². The van der Waals surface area contributed by atoms with Crippen LogP contribution < -0.4 is 0 Å². The largest absolute Gasteiger partial charge is 0.489 e. The fourth-order valence-electron chi connectivity index (χ4n) is 0.966. The van der Waals surface area contributed by atoms with Crippen molar-refractivity contribution in [2.45, 2.75) is 6.92 Å². The SMILES string of the molecule is CCOC(=O)/C(=N\OC)C1=CSCCO1. The Kier molecular flexibility index (Phi) is 5.03. The molecule has 0 unspecified atom stereocenters. The van der Waals surface area contributed by atoms with E-state index in [0.717, 1.165) is 5.75 Å². The minimum Gasteiger partial charge on any atom is -0.489 e. The van der Waals surface area contributed by atoms with Crippen LogP contribution in [0.2, 0.25) is 0 Å². The van der Waals surface area contributed by atoms with E-state index >= 15 is 0 Å². The molecule has 0 spiro atoms. The summed E-state index contributed by atoms with van der Waals surface area (Å²) in [6, 6.07) is 0. The van der Waals surface area contributed by atoms with Crippen LogP contribution in [0.3, 0.4) is 0 Å². The molecule has 0 fully saturated rings. The predicted molar refractivity (Wildman–Crippen MR) is 57.6 cm³/mol. The molecule has 0 aliphatic carbocycles. The van der Waals surface area contributed by atoms with E-state index in [1.165, 1.54) is 7.11 Å². The molecule has 0 N–H and O–H groups in total. The summed E-state index contributed by atoms with van der Waals surface area (Å²) in [6.07, 6.45) is 0. The predicted octanol–water partition coefficient (Wildman–Crippen LogP) is 1.16. The Bertz CT molecular complexity index is 288. The van der Waals surface area contributed by atoms with Crippen LogP contribution in [0.15, 0.2) is 16.3 Å². The zero-order chi connectivity index (χ0) is 11.1. The number of thioether (sulfide) groups is 1. The summed E-state index contributed by atoms with van der Waals surface area (Å²) in [6.45, 7) is 2.58. The minimum absolute atomic E-state index is 0.0755. The Morgan fingerprint density at radius 3 is 3.07 bits per heavy atom. The van der Waals surface area contributed by atoms with E-state index in [2.05, 4.69) is 9.99 Å². The summed E-state index contributed by atoms with van der Waals surface area (Å²) in [5, 5.41) is 5.34. The molecule has 0 aromatic rings. The van der Waals surface area contributed by atoms with Gasteiger partial charge in [0.15, 0.2) is 5.76 Å². The van der Waals surface area contributed by atoms with Crippen LogP contribution in [-0.2, 0) is 19.1 Å². The first-order valence-electron chi connectivity index (χ1n) is 4.52. The molecule has 1 heterocycles. The zero-order valence-corrected chi connectivity index (χ0v) is 9.50. The van der Waals surface area contributed by atoms with E-state index in [1.807, 2.05) is 0 Å². The van der Waals surface area contributed by atoms with Gasteiger partial charge in [-0.1, -0.05) is 5.16 Å². The first kappa shape index (κ1) is 11.9. The highest BCUT2D eigenvalue weighted by molar-refractivity contribution is 8.02. The van der Waals surface area contributed by atoms with Crippen molar-refractivity contribution in [2.75, 3.05) is 26.1 Å². The van der Waals surface area contributed by atoms with Gasteiger partial charge in [-0.25, -0.2) is 4.79 Å². The third-order valence-electron chi connectivity index (χ3n) is 1.53. The van der Waals surface area contributed by atoms with Crippen molar-refractivity contribution in [3.8, 4) is 0 Å². The molecule has 15 heavy (non-hydrogen) atoms. The van der Waals surface area contributed by atoms with Crippen LogP contribution in [0.4, 0.5) is 0 Å². The molecule has 0 radical (unpaired) electrons. The Hall–Kier alpha value is -1.17. The van der Waals surface area contributed by atoms with E-state index in [-0.39, 0.29) is 5.71 Å².